The van der Waals surface area contributed by atoms with Gasteiger partial charge in [-0.05, 0) is 12.0 Å². The number of ether oxygens (including phenoxy) is 1. The number of benzene rings is 1. The van der Waals surface area contributed by atoms with Gasteiger partial charge in [-0.15, -0.1) is 0 Å². The van der Waals surface area contributed by atoms with Gasteiger partial charge in [0, 0.05) is 12.0 Å². The van der Waals surface area contributed by atoms with Crippen molar-refractivity contribution < 1.29 is 9.53 Å². The first kappa shape index (κ1) is 11.0. The summed E-state index contributed by atoms with van der Waals surface area (Å²) in [6, 6.07) is 7.86. The fourth-order valence-corrected chi connectivity index (χ4v) is 1.91. The zero-order valence-corrected chi connectivity index (χ0v) is 9.69. The predicted molar refractivity (Wildman–Crippen MR) is 62.3 cm³/mol. The zero-order chi connectivity index (χ0) is 11.5. The molecule has 1 N–H and O–H groups in total. The van der Waals surface area contributed by atoms with E-state index in [0.29, 0.717) is 18.9 Å². The van der Waals surface area contributed by atoms with Crippen LogP contribution in [0.3, 0.4) is 0 Å². The number of nitrogens with one attached hydrogen (secondary N) is 1. The predicted octanol–water partition coefficient (Wildman–Crippen LogP) is 2.28. The van der Waals surface area contributed by atoms with Crippen LogP contribution in [-0.4, -0.2) is 12.5 Å². The molecule has 1 aromatic carbocycles. The first-order valence-electron chi connectivity index (χ1n) is 5.68. The number of carbonyl (C=O) groups is 1. The van der Waals surface area contributed by atoms with Gasteiger partial charge in [0.1, 0.15) is 12.4 Å². The Morgan fingerprint density at radius 1 is 1.50 bits per heavy atom. The van der Waals surface area contributed by atoms with Crippen LogP contribution in [0, 0.1) is 5.92 Å². The molecule has 0 bridgehead atoms. The quantitative estimate of drug-likeness (QED) is 0.847. The standard InChI is InChI=1S/C13H17NO2/c1-9(2)7-13(15)14-11-8-16-12-6-4-3-5-10(11)12/h3-6,9,11H,7-8H2,1-2H3,(H,14,15). The van der Waals surface area contributed by atoms with E-state index in [4.69, 9.17) is 4.74 Å². The first-order valence-corrected chi connectivity index (χ1v) is 5.68. The highest BCUT2D eigenvalue weighted by molar-refractivity contribution is 5.76. The van der Waals surface area contributed by atoms with Crippen molar-refractivity contribution in [1.82, 2.24) is 5.32 Å². The molecule has 0 aliphatic carbocycles. The van der Waals surface area contributed by atoms with Crippen LogP contribution in [0.25, 0.3) is 0 Å². The van der Waals surface area contributed by atoms with Crippen LogP contribution >= 0.6 is 0 Å². The highest BCUT2D eigenvalue weighted by Gasteiger charge is 2.24. The second-order valence-corrected chi connectivity index (χ2v) is 4.57. The molecule has 0 radical (unpaired) electrons. The molecule has 0 aromatic heterocycles. The Balaban J connectivity index is 2.00. The van der Waals surface area contributed by atoms with E-state index < -0.39 is 0 Å². The SMILES string of the molecule is CC(C)CC(=O)NC1COc2ccccc21. The molecule has 3 heteroatoms. The molecule has 1 atom stereocenters. The number of rotatable bonds is 3. The minimum absolute atomic E-state index is 0.0162. The summed E-state index contributed by atoms with van der Waals surface area (Å²) >= 11 is 0. The summed E-state index contributed by atoms with van der Waals surface area (Å²) in [5.74, 6) is 1.37. The van der Waals surface area contributed by atoms with Crippen molar-refractivity contribution in [2.24, 2.45) is 5.92 Å². The van der Waals surface area contributed by atoms with Crippen molar-refractivity contribution in [3.8, 4) is 5.75 Å². The van der Waals surface area contributed by atoms with Gasteiger partial charge in [0.05, 0.1) is 6.04 Å². The van der Waals surface area contributed by atoms with Crippen molar-refractivity contribution in [2.45, 2.75) is 26.3 Å². The van der Waals surface area contributed by atoms with Gasteiger partial charge in [-0.3, -0.25) is 4.79 Å². The lowest BCUT2D eigenvalue weighted by Crippen LogP contribution is -2.30. The molecule has 0 saturated carbocycles. The molecule has 1 amide bonds. The fourth-order valence-electron chi connectivity index (χ4n) is 1.91. The van der Waals surface area contributed by atoms with E-state index in [-0.39, 0.29) is 11.9 Å². The van der Waals surface area contributed by atoms with Crippen LogP contribution < -0.4 is 10.1 Å². The smallest absolute Gasteiger partial charge is 0.220 e. The van der Waals surface area contributed by atoms with Crippen molar-refractivity contribution in [1.29, 1.82) is 0 Å². The first-order chi connectivity index (χ1) is 7.66. The van der Waals surface area contributed by atoms with Gasteiger partial charge in [0.2, 0.25) is 5.91 Å². The summed E-state index contributed by atoms with van der Waals surface area (Å²) in [5.41, 5.74) is 1.08. The largest absolute Gasteiger partial charge is 0.491 e. The number of amides is 1. The van der Waals surface area contributed by atoms with Gasteiger partial charge in [-0.2, -0.15) is 0 Å². The topological polar surface area (TPSA) is 38.3 Å². The second kappa shape index (κ2) is 4.56. The second-order valence-electron chi connectivity index (χ2n) is 4.57. The molecule has 1 aliphatic heterocycles. The van der Waals surface area contributed by atoms with Crippen molar-refractivity contribution in [3.63, 3.8) is 0 Å². The average Bonchev–Trinajstić information content (AvgIpc) is 2.61. The van der Waals surface area contributed by atoms with Crippen LogP contribution in [0.15, 0.2) is 24.3 Å². The lowest BCUT2D eigenvalue weighted by atomic mass is 10.1. The molecule has 0 spiro atoms. The van der Waals surface area contributed by atoms with Gasteiger partial charge in [0.25, 0.3) is 0 Å². The number of carbonyl (C=O) groups excluding carboxylic acids is 1. The van der Waals surface area contributed by atoms with Gasteiger partial charge in [0.15, 0.2) is 0 Å². The Morgan fingerprint density at radius 2 is 2.25 bits per heavy atom. The van der Waals surface area contributed by atoms with Crippen LogP contribution in [0.4, 0.5) is 0 Å². The van der Waals surface area contributed by atoms with E-state index in [2.05, 4.69) is 5.32 Å². The number of para-hydroxylation sites is 1. The van der Waals surface area contributed by atoms with E-state index in [9.17, 15) is 4.79 Å². The summed E-state index contributed by atoms with van der Waals surface area (Å²) in [5, 5.41) is 3.00. The van der Waals surface area contributed by atoms with Gasteiger partial charge in [-0.1, -0.05) is 32.0 Å². The van der Waals surface area contributed by atoms with Crippen molar-refractivity contribution in [3.05, 3.63) is 29.8 Å². The summed E-state index contributed by atoms with van der Waals surface area (Å²) in [6.07, 6.45) is 0.568. The van der Waals surface area contributed by atoms with Crippen LogP contribution in [0.5, 0.6) is 5.75 Å². The summed E-state index contributed by atoms with van der Waals surface area (Å²) in [4.78, 5) is 11.7. The van der Waals surface area contributed by atoms with E-state index in [0.717, 1.165) is 11.3 Å². The molecule has 1 heterocycles. The lowest BCUT2D eigenvalue weighted by Gasteiger charge is -2.12. The third-order valence-corrected chi connectivity index (χ3v) is 2.63. The molecule has 2 rings (SSSR count). The van der Waals surface area contributed by atoms with Crippen molar-refractivity contribution >= 4 is 5.91 Å². The van der Waals surface area contributed by atoms with Crippen LogP contribution in [0.2, 0.25) is 0 Å². The monoisotopic (exact) mass is 219 g/mol. The number of hydrogen-bond donors (Lipinski definition) is 1. The van der Waals surface area contributed by atoms with E-state index >= 15 is 0 Å². The highest BCUT2D eigenvalue weighted by atomic mass is 16.5. The average molecular weight is 219 g/mol. The summed E-state index contributed by atoms with van der Waals surface area (Å²) in [7, 11) is 0. The van der Waals surface area contributed by atoms with E-state index in [1.807, 2.05) is 38.1 Å². The summed E-state index contributed by atoms with van der Waals surface area (Å²) in [6.45, 7) is 4.63. The van der Waals surface area contributed by atoms with Gasteiger partial charge >= 0.3 is 0 Å². The zero-order valence-electron chi connectivity index (χ0n) is 9.69. The minimum Gasteiger partial charge on any atom is -0.491 e. The normalized spacial score (nSPS) is 18.1. The third-order valence-electron chi connectivity index (χ3n) is 2.63. The molecule has 1 aliphatic rings. The van der Waals surface area contributed by atoms with E-state index in [1.54, 1.807) is 0 Å². The van der Waals surface area contributed by atoms with Crippen molar-refractivity contribution in [2.75, 3.05) is 6.61 Å². The minimum atomic E-state index is 0.0162. The maximum atomic E-state index is 11.7. The number of fused-ring (bicyclic) bond motifs is 1. The Morgan fingerprint density at radius 3 is 3.00 bits per heavy atom. The Kier molecular flexibility index (Phi) is 3.13. The summed E-state index contributed by atoms with van der Waals surface area (Å²) < 4.78 is 5.50. The Labute approximate surface area is 95.8 Å². The molecular weight excluding hydrogens is 202 g/mol. The molecule has 86 valence electrons. The molecule has 1 aromatic rings. The molecule has 3 nitrogen and oxygen atoms in total. The van der Waals surface area contributed by atoms with Crippen LogP contribution in [-0.2, 0) is 4.79 Å². The van der Waals surface area contributed by atoms with Gasteiger partial charge in [-0.25, -0.2) is 0 Å². The molecule has 0 fully saturated rings. The maximum Gasteiger partial charge on any atom is 0.220 e. The molecule has 0 saturated heterocycles. The maximum absolute atomic E-state index is 11.7. The molecule has 1 unspecified atom stereocenters. The van der Waals surface area contributed by atoms with E-state index in [1.165, 1.54) is 0 Å². The Bertz CT molecular complexity index is 387. The van der Waals surface area contributed by atoms with Crippen LogP contribution in [0.1, 0.15) is 31.9 Å². The Hall–Kier alpha value is -1.51. The lowest BCUT2D eigenvalue weighted by molar-refractivity contribution is -0.122. The molecular formula is C13H17NO2. The highest BCUT2D eigenvalue weighted by Crippen LogP contribution is 2.31. The fraction of sp³-hybridized carbons (Fsp3) is 0.462. The molecule has 16 heavy (non-hydrogen) atoms. The van der Waals surface area contributed by atoms with Gasteiger partial charge < -0.3 is 10.1 Å². The number of hydrogen-bond acceptors (Lipinski definition) is 2. The third kappa shape index (κ3) is 2.35.